The average Bonchev–Trinajstić information content (AvgIpc) is 2.96. The molecule has 46 heavy (non-hydrogen) atoms. The van der Waals surface area contributed by atoms with E-state index < -0.39 is 5.60 Å². The topological polar surface area (TPSA) is 128 Å². The van der Waals surface area contributed by atoms with Crippen molar-refractivity contribution < 1.29 is 14.3 Å². The summed E-state index contributed by atoms with van der Waals surface area (Å²) >= 11 is 0. The molecule has 10 heteroatoms. The largest absolute Gasteiger partial charge is 0.444 e. The molecule has 0 bridgehead atoms. The molecule has 0 radical (unpaired) electrons. The first-order valence-corrected chi connectivity index (χ1v) is 16.1. The molecule has 1 aliphatic rings. The van der Waals surface area contributed by atoms with Gasteiger partial charge in [-0.15, -0.1) is 0 Å². The summed E-state index contributed by atoms with van der Waals surface area (Å²) in [5.41, 5.74) is 6.76. The average molecular weight is 631 g/mol. The Hall–Kier alpha value is -4.02. The van der Waals surface area contributed by atoms with E-state index in [1.54, 1.807) is 0 Å². The maximum atomic E-state index is 13.6. The Bertz CT molecular complexity index is 1580. The van der Waals surface area contributed by atoms with Crippen molar-refractivity contribution in [3.63, 3.8) is 0 Å². The van der Waals surface area contributed by atoms with Crippen LogP contribution in [0.25, 0.3) is 11.1 Å². The monoisotopic (exact) mass is 630 g/mol. The molecule has 1 fully saturated rings. The Morgan fingerprint density at radius 2 is 1.67 bits per heavy atom. The molecule has 1 saturated carbocycles. The number of carbonyl (C=O) groups excluding carboxylic acids is 2. The summed E-state index contributed by atoms with van der Waals surface area (Å²) < 4.78 is 5.42. The molecule has 1 aliphatic carbocycles. The zero-order valence-corrected chi connectivity index (χ0v) is 28.6. The van der Waals surface area contributed by atoms with Crippen LogP contribution in [0.1, 0.15) is 90.5 Å². The summed E-state index contributed by atoms with van der Waals surface area (Å²) in [6, 6.07) is 10.4. The fourth-order valence-electron chi connectivity index (χ4n) is 5.91. The Labute approximate surface area is 272 Å². The van der Waals surface area contributed by atoms with Crippen molar-refractivity contribution in [1.82, 2.24) is 30.8 Å². The molecule has 0 atom stereocenters. The number of ether oxygens (including phenoxy) is 1. The smallest absolute Gasteiger partial charge is 0.407 e. The van der Waals surface area contributed by atoms with E-state index in [2.05, 4.69) is 36.9 Å². The van der Waals surface area contributed by atoms with Gasteiger partial charge in [0.05, 0.1) is 5.69 Å². The van der Waals surface area contributed by atoms with Crippen LogP contribution < -0.4 is 21.5 Å². The number of aryl methyl sites for hydroxylation is 2. The number of alkyl carbamates (subject to hydrolysis) is 1. The molecule has 2 heterocycles. The van der Waals surface area contributed by atoms with Crippen molar-refractivity contribution >= 4 is 12.0 Å². The van der Waals surface area contributed by atoms with Crippen molar-refractivity contribution in [2.24, 2.45) is 0 Å². The third kappa shape index (κ3) is 9.74. The van der Waals surface area contributed by atoms with Gasteiger partial charge in [-0.2, -0.15) is 0 Å². The summed E-state index contributed by atoms with van der Waals surface area (Å²) in [4.78, 5) is 48.0. The molecule has 0 unspecified atom stereocenters. The Morgan fingerprint density at radius 1 is 0.978 bits per heavy atom. The lowest BCUT2D eigenvalue weighted by Gasteiger charge is -2.31. The van der Waals surface area contributed by atoms with Gasteiger partial charge >= 0.3 is 6.09 Å². The lowest BCUT2D eigenvalue weighted by atomic mass is 9.90. The molecular weight excluding hydrogens is 580 g/mol. The number of H-pyrrole nitrogens is 1. The van der Waals surface area contributed by atoms with Crippen LogP contribution in [0.3, 0.4) is 0 Å². The van der Waals surface area contributed by atoms with Crippen LogP contribution >= 0.6 is 0 Å². The van der Waals surface area contributed by atoms with Crippen molar-refractivity contribution in [2.45, 2.75) is 105 Å². The minimum absolute atomic E-state index is 0.0978. The number of rotatable bonds is 10. The van der Waals surface area contributed by atoms with E-state index in [1.807, 2.05) is 86.1 Å². The molecule has 4 rings (SSSR count). The lowest BCUT2D eigenvalue weighted by molar-refractivity contribution is 0.0489. The summed E-state index contributed by atoms with van der Waals surface area (Å²) in [5, 5.41) is 9.70. The first-order chi connectivity index (χ1) is 21.7. The van der Waals surface area contributed by atoms with Crippen LogP contribution in [0.15, 0.2) is 41.3 Å². The molecule has 2 aromatic heterocycles. The van der Waals surface area contributed by atoms with Crippen LogP contribution in [0.4, 0.5) is 4.79 Å². The maximum Gasteiger partial charge on any atom is 0.407 e. The Morgan fingerprint density at radius 3 is 2.28 bits per heavy atom. The van der Waals surface area contributed by atoms with Gasteiger partial charge in [0.25, 0.3) is 11.5 Å². The highest BCUT2D eigenvalue weighted by atomic mass is 16.6. The number of carbonyl (C=O) groups is 2. The second-order valence-corrected chi connectivity index (χ2v) is 13.8. The normalized spacial score (nSPS) is 16.7. The lowest BCUT2D eigenvalue weighted by Crippen LogP contribution is -2.43. The fraction of sp³-hybridized carbons (Fsp3) is 0.500. The molecule has 248 valence electrons. The van der Waals surface area contributed by atoms with Gasteiger partial charge in [0.2, 0.25) is 0 Å². The number of hydrogen-bond donors (Lipinski definition) is 4. The van der Waals surface area contributed by atoms with Crippen molar-refractivity contribution in [3.05, 3.63) is 86.1 Å². The molecule has 0 saturated heterocycles. The standard InChI is InChI=1S/C36H50N6O4/c1-22-15-23(2)40-34(44)32(22)20-39-33(43)31-17-26(25-9-10-30(38-18-25)21-42(7)8)16-27(24(31)3)19-37-28-11-13-29(14-12-28)41-35(45)46-36(4,5)6/h9-10,15-18,28-29,37H,11-14,19-21H2,1-8H3,(H,39,43)(H,40,44)(H,41,45). The number of benzene rings is 1. The predicted octanol–water partition coefficient (Wildman–Crippen LogP) is 5.28. The van der Waals surface area contributed by atoms with Gasteiger partial charge in [0.15, 0.2) is 0 Å². The van der Waals surface area contributed by atoms with Crippen LogP contribution in [-0.4, -0.2) is 58.6 Å². The number of nitrogens with zero attached hydrogens (tertiary/aromatic N) is 2. The first-order valence-electron chi connectivity index (χ1n) is 16.1. The highest BCUT2D eigenvalue weighted by Crippen LogP contribution is 2.27. The number of amides is 2. The van der Waals surface area contributed by atoms with Gasteiger partial charge < -0.3 is 30.6 Å². The molecule has 0 aliphatic heterocycles. The van der Waals surface area contributed by atoms with Gasteiger partial charge in [-0.25, -0.2) is 4.79 Å². The van der Waals surface area contributed by atoms with E-state index in [1.165, 1.54) is 0 Å². The van der Waals surface area contributed by atoms with E-state index in [0.717, 1.165) is 71.4 Å². The minimum atomic E-state index is -0.521. The summed E-state index contributed by atoms with van der Waals surface area (Å²) in [5.74, 6) is -0.231. The molecule has 0 spiro atoms. The van der Waals surface area contributed by atoms with Gasteiger partial charge in [0, 0.05) is 60.3 Å². The molecular formula is C36H50N6O4. The molecule has 4 N–H and O–H groups in total. The SMILES string of the molecule is Cc1cc(C)c(CNC(=O)c2cc(-c3ccc(CN(C)C)nc3)cc(CNC3CCC(NC(=O)OC(C)(C)C)CC3)c2C)c(=O)[nH]1. The fourth-order valence-corrected chi connectivity index (χ4v) is 5.91. The molecule has 10 nitrogen and oxygen atoms in total. The Kier molecular flexibility index (Phi) is 11.4. The number of hydrogen-bond acceptors (Lipinski definition) is 7. The maximum absolute atomic E-state index is 13.6. The number of aromatic nitrogens is 2. The van der Waals surface area contributed by atoms with Crippen LogP contribution in [0, 0.1) is 20.8 Å². The van der Waals surface area contributed by atoms with Gasteiger partial charge in [-0.3, -0.25) is 14.6 Å². The van der Waals surface area contributed by atoms with E-state index in [-0.39, 0.29) is 30.1 Å². The van der Waals surface area contributed by atoms with Crippen molar-refractivity contribution in [2.75, 3.05) is 14.1 Å². The highest BCUT2D eigenvalue weighted by Gasteiger charge is 2.25. The van der Waals surface area contributed by atoms with Gasteiger partial charge in [-0.1, -0.05) is 6.07 Å². The summed E-state index contributed by atoms with van der Waals surface area (Å²) in [6.07, 6.45) is 5.07. The van der Waals surface area contributed by atoms with Crippen LogP contribution in [0.2, 0.25) is 0 Å². The highest BCUT2D eigenvalue weighted by molar-refractivity contribution is 5.97. The second-order valence-electron chi connectivity index (χ2n) is 13.8. The number of aromatic amines is 1. The number of pyridine rings is 2. The second kappa shape index (κ2) is 15.0. The van der Waals surface area contributed by atoms with Crippen LogP contribution in [0.5, 0.6) is 0 Å². The van der Waals surface area contributed by atoms with E-state index >= 15 is 0 Å². The minimum Gasteiger partial charge on any atom is -0.444 e. The third-order valence-corrected chi connectivity index (χ3v) is 8.34. The summed E-state index contributed by atoms with van der Waals surface area (Å²) in [7, 11) is 4.02. The number of nitrogens with one attached hydrogen (secondary N) is 4. The Balaban J connectivity index is 1.51. The van der Waals surface area contributed by atoms with Gasteiger partial charge in [0.1, 0.15) is 5.60 Å². The molecule has 2 amide bonds. The van der Waals surface area contributed by atoms with E-state index in [4.69, 9.17) is 4.74 Å². The quantitative estimate of drug-likeness (QED) is 0.240. The van der Waals surface area contributed by atoms with Crippen molar-refractivity contribution in [3.8, 4) is 11.1 Å². The summed E-state index contributed by atoms with van der Waals surface area (Å²) in [6.45, 7) is 12.8. The molecule has 1 aromatic carbocycles. The van der Waals surface area contributed by atoms with Crippen molar-refractivity contribution in [1.29, 1.82) is 0 Å². The van der Waals surface area contributed by atoms with E-state index in [0.29, 0.717) is 23.7 Å². The molecule has 3 aromatic rings. The van der Waals surface area contributed by atoms with Gasteiger partial charge in [-0.05, 0) is 128 Å². The van der Waals surface area contributed by atoms with Crippen LogP contribution in [-0.2, 0) is 24.4 Å². The third-order valence-electron chi connectivity index (χ3n) is 8.34. The van der Waals surface area contributed by atoms with E-state index in [9.17, 15) is 14.4 Å². The zero-order chi connectivity index (χ0) is 33.6. The zero-order valence-electron chi connectivity index (χ0n) is 28.6. The predicted molar refractivity (Wildman–Crippen MR) is 182 cm³/mol. The first kappa shape index (κ1) is 34.8.